The van der Waals surface area contributed by atoms with Crippen molar-refractivity contribution in [3.05, 3.63) is 65.2 Å². The Morgan fingerprint density at radius 1 is 1.04 bits per heavy atom. The second kappa shape index (κ2) is 8.50. The van der Waals surface area contributed by atoms with Gasteiger partial charge in [-0.25, -0.2) is 0 Å². The maximum atomic E-state index is 12.0. The van der Waals surface area contributed by atoms with E-state index in [4.69, 9.17) is 5.11 Å². The molecule has 2 rings (SSSR count). The number of hydrogen-bond donors (Lipinski definition) is 3. The minimum Gasteiger partial charge on any atom is -0.395 e. The van der Waals surface area contributed by atoms with E-state index in [1.165, 1.54) is 11.1 Å². The molecule has 4 nitrogen and oxygen atoms in total. The van der Waals surface area contributed by atoms with Gasteiger partial charge in [-0.2, -0.15) is 0 Å². The van der Waals surface area contributed by atoms with Crippen LogP contribution in [0.25, 0.3) is 0 Å². The van der Waals surface area contributed by atoms with Gasteiger partial charge >= 0.3 is 0 Å². The fourth-order valence-electron chi connectivity index (χ4n) is 2.52. The second-order valence-electron chi connectivity index (χ2n) is 6.25. The molecule has 0 bridgehead atoms. The van der Waals surface area contributed by atoms with Crippen molar-refractivity contribution in [2.75, 3.05) is 18.5 Å². The van der Waals surface area contributed by atoms with Gasteiger partial charge in [0.2, 0.25) is 0 Å². The average molecular weight is 326 g/mol. The van der Waals surface area contributed by atoms with Crippen LogP contribution in [0.2, 0.25) is 0 Å². The Balaban J connectivity index is 2.05. The summed E-state index contributed by atoms with van der Waals surface area (Å²) in [6, 6.07) is 16.1. The standard InChI is InChI=1S/C20H26N2O2/c1-14(2)16-7-9-17(10-8-16)15(3)22-19-6-4-5-18(13-19)20(24)21-11-12-23/h4-10,13-15,22-23H,11-12H2,1-3H3,(H,21,24). The molecule has 0 fully saturated rings. The molecule has 0 aromatic heterocycles. The number of aliphatic hydroxyl groups excluding tert-OH is 1. The van der Waals surface area contributed by atoms with Crippen molar-refractivity contribution in [1.29, 1.82) is 0 Å². The quantitative estimate of drug-likeness (QED) is 0.727. The molecule has 0 heterocycles. The summed E-state index contributed by atoms with van der Waals surface area (Å²) in [5, 5.41) is 14.9. The molecule has 4 heteroatoms. The maximum absolute atomic E-state index is 12.0. The van der Waals surface area contributed by atoms with Gasteiger partial charge < -0.3 is 15.7 Å². The van der Waals surface area contributed by atoms with Gasteiger partial charge in [0.05, 0.1) is 6.61 Å². The zero-order valence-corrected chi connectivity index (χ0v) is 14.5. The lowest BCUT2D eigenvalue weighted by Gasteiger charge is -2.17. The van der Waals surface area contributed by atoms with Crippen LogP contribution in [0.4, 0.5) is 5.69 Å². The van der Waals surface area contributed by atoms with Crippen molar-refractivity contribution in [3.63, 3.8) is 0 Å². The number of hydrogen-bond acceptors (Lipinski definition) is 3. The highest BCUT2D eigenvalue weighted by molar-refractivity contribution is 5.95. The first kappa shape index (κ1) is 18.0. The Bertz CT molecular complexity index is 666. The highest BCUT2D eigenvalue weighted by atomic mass is 16.3. The minimum atomic E-state index is -0.179. The van der Waals surface area contributed by atoms with Crippen LogP contribution in [0.3, 0.4) is 0 Å². The molecule has 0 radical (unpaired) electrons. The van der Waals surface area contributed by atoms with Crippen LogP contribution >= 0.6 is 0 Å². The minimum absolute atomic E-state index is 0.0624. The lowest BCUT2D eigenvalue weighted by Crippen LogP contribution is -2.26. The summed E-state index contributed by atoms with van der Waals surface area (Å²) in [4.78, 5) is 12.0. The molecule has 2 aromatic rings. The molecule has 0 saturated heterocycles. The van der Waals surface area contributed by atoms with E-state index in [0.717, 1.165) is 5.69 Å². The molecule has 128 valence electrons. The predicted molar refractivity (Wildman–Crippen MR) is 98.4 cm³/mol. The Labute approximate surface area is 143 Å². The van der Waals surface area contributed by atoms with Crippen molar-refractivity contribution in [1.82, 2.24) is 5.32 Å². The lowest BCUT2D eigenvalue weighted by molar-refractivity contribution is 0.0945. The third-order valence-corrected chi connectivity index (χ3v) is 4.01. The number of benzene rings is 2. The van der Waals surface area contributed by atoms with Crippen LogP contribution in [-0.2, 0) is 0 Å². The monoisotopic (exact) mass is 326 g/mol. The summed E-state index contributed by atoms with van der Waals surface area (Å²) in [7, 11) is 0. The lowest BCUT2D eigenvalue weighted by atomic mass is 9.99. The molecule has 1 amide bonds. The number of carbonyl (C=O) groups excluding carboxylic acids is 1. The number of amides is 1. The van der Waals surface area contributed by atoms with Gasteiger partial charge in [0.15, 0.2) is 0 Å². The van der Waals surface area contributed by atoms with Gasteiger partial charge in [0, 0.05) is 23.8 Å². The third kappa shape index (κ3) is 4.83. The fourth-order valence-corrected chi connectivity index (χ4v) is 2.52. The molecule has 0 saturated carbocycles. The van der Waals surface area contributed by atoms with Crippen LogP contribution in [0, 0.1) is 0 Å². The van der Waals surface area contributed by atoms with Crippen molar-refractivity contribution in [2.24, 2.45) is 0 Å². The highest BCUT2D eigenvalue weighted by Crippen LogP contribution is 2.22. The van der Waals surface area contributed by atoms with Crippen LogP contribution in [0.5, 0.6) is 0 Å². The Morgan fingerprint density at radius 3 is 2.33 bits per heavy atom. The number of nitrogens with one attached hydrogen (secondary N) is 2. The van der Waals surface area contributed by atoms with Gasteiger partial charge in [-0.15, -0.1) is 0 Å². The van der Waals surface area contributed by atoms with Crippen LogP contribution in [0.1, 0.15) is 54.2 Å². The van der Waals surface area contributed by atoms with E-state index in [-0.39, 0.29) is 25.1 Å². The summed E-state index contributed by atoms with van der Waals surface area (Å²) in [5.74, 6) is 0.345. The summed E-state index contributed by atoms with van der Waals surface area (Å²) in [5.41, 5.74) is 4.01. The zero-order chi connectivity index (χ0) is 17.5. The molecular formula is C20H26N2O2. The van der Waals surface area contributed by atoms with E-state index in [1.807, 2.05) is 18.2 Å². The van der Waals surface area contributed by atoms with E-state index in [0.29, 0.717) is 11.5 Å². The molecule has 1 atom stereocenters. The van der Waals surface area contributed by atoms with Gasteiger partial charge in [-0.1, -0.05) is 44.2 Å². The van der Waals surface area contributed by atoms with Gasteiger partial charge in [0.1, 0.15) is 0 Å². The van der Waals surface area contributed by atoms with Crippen LogP contribution in [-0.4, -0.2) is 24.2 Å². The Hall–Kier alpha value is -2.33. The summed E-state index contributed by atoms with van der Waals surface area (Å²) < 4.78 is 0. The maximum Gasteiger partial charge on any atom is 0.251 e. The first-order chi connectivity index (χ1) is 11.5. The first-order valence-electron chi connectivity index (χ1n) is 8.36. The van der Waals surface area contributed by atoms with Crippen molar-refractivity contribution in [2.45, 2.75) is 32.7 Å². The van der Waals surface area contributed by atoms with Gasteiger partial charge in [-0.3, -0.25) is 4.79 Å². The predicted octanol–water partition coefficient (Wildman–Crippen LogP) is 3.71. The van der Waals surface area contributed by atoms with Crippen molar-refractivity contribution < 1.29 is 9.90 Å². The number of rotatable bonds is 7. The molecule has 24 heavy (non-hydrogen) atoms. The van der Waals surface area contributed by atoms with E-state index >= 15 is 0 Å². The average Bonchev–Trinajstić information content (AvgIpc) is 2.60. The highest BCUT2D eigenvalue weighted by Gasteiger charge is 2.09. The molecule has 0 aliphatic carbocycles. The largest absolute Gasteiger partial charge is 0.395 e. The molecule has 0 aliphatic heterocycles. The number of anilines is 1. The second-order valence-corrected chi connectivity index (χ2v) is 6.25. The molecular weight excluding hydrogens is 300 g/mol. The summed E-state index contributed by atoms with van der Waals surface area (Å²) in [6.07, 6.45) is 0. The van der Waals surface area contributed by atoms with E-state index in [1.54, 1.807) is 6.07 Å². The normalized spacial score (nSPS) is 12.0. The molecule has 3 N–H and O–H groups in total. The molecule has 1 unspecified atom stereocenters. The topological polar surface area (TPSA) is 61.4 Å². The smallest absolute Gasteiger partial charge is 0.251 e. The van der Waals surface area contributed by atoms with Crippen molar-refractivity contribution in [3.8, 4) is 0 Å². The summed E-state index contributed by atoms with van der Waals surface area (Å²) in [6.45, 7) is 6.67. The van der Waals surface area contributed by atoms with Gasteiger partial charge in [-0.05, 0) is 42.2 Å². The van der Waals surface area contributed by atoms with Crippen LogP contribution in [0.15, 0.2) is 48.5 Å². The Morgan fingerprint density at radius 2 is 1.71 bits per heavy atom. The van der Waals surface area contributed by atoms with E-state index in [2.05, 4.69) is 55.7 Å². The van der Waals surface area contributed by atoms with E-state index < -0.39 is 0 Å². The fraction of sp³-hybridized carbons (Fsp3) is 0.350. The number of carbonyl (C=O) groups is 1. The SMILES string of the molecule is CC(C)c1ccc(C(C)Nc2cccc(C(=O)NCCO)c2)cc1. The molecule has 0 spiro atoms. The third-order valence-electron chi connectivity index (χ3n) is 4.01. The van der Waals surface area contributed by atoms with Gasteiger partial charge in [0.25, 0.3) is 5.91 Å². The molecule has 0 aliphatic rings. The van der Waals surface area contributed by atoms with E-state index in [9.17, 15) is 4.79 Å². The van der Waals surface area contributed by atoms with Crippen LogP contribution < -0.4 is 10.6 Å². The van der Waals surface area contributed by atoms with Crippen molar-refractivity contribution >= 4 is 11.6 Å². The first-order valence-corrected chi connectivity index (χ1v) is 8.36. The Kier molecular flexibility index (Phi) is 6.38. The number of aliphatic hydroxyl groups is 1. The zero-order valence-electron chi connectivity index (χ0n) is 14.5. The summed E-state index contributed by atoms with van der Waals surface area (Å²) >= 11 is 0. The molecule has 2 aromatic carbocycles.